The molecule has 2 heterocycles. The molecule has 176 valence electrons. The zero-order valence-electron chi connectivity index (χ0n) is 19.7. The molecule has 0 amide bonds. The van der Waals surface area contributed by atoms with Gasteiger partial charge in [0.05, 0.1) is 30.1 Å². The number of nitrogens with one attached hydrogen (secondary N) is 1. The van der Waals surface area contributed by atoms with Crippen LogP contribution >= 0.6 is 11.6 Å². The van der Waals surface area contributed by atoms with Crippen LogP contribution < -0.4 is 10.6 Å². The fourth-order valence-corrected chi connectivity index (χ4v) is 5.43. The Kier molecular flexibility index (Phi) is 6.72. The monoisotopic (exact) mass is 475 g/mol. The number of nitrogen functional groups attached to an aromatic ring is 1. The van der Waals surface area contributed by atoms with Crippen molar-refractivity contribution in [3.63, 3.8) is 0 Å². The van der Waals surface area contributed by atoms with Crippen molar-refractivity contribution in [2.45, 2.75) is 45.2 Å². The van der Waals surface area contributed by atoms with Crippen LogP contribution in [0.5, 0.6) is 0 Å². The van der Waals surface area contributed by atoms with Crippen molar-refractivity contribution in [1.29, 1.82) is 10.7 Å². The second kappa shape index (κ2) is 9.55. The molecule has 34 heavy (non-hydrogen) atoms. The van der Waals surface area contributed by atoms with Crippen molar-refractivity contribution in [3.05, 3.63) is 53.7 Å². The maximum atomic E-state index is 9.64. The number of anilines is 2. The van der Waals surface area contributed by atoms with Crippen molar-refractivity contribution in [2.75, 3.05) is 10.6 Å². The Morgan fingerprint density at radius 3 is 2.59 bits per heavy atom. The second-order valence-corrected chi connectivity index (χ2v) is 9.56. The molecule has 7 nitrogen and oxygen atoms in total. The van der Waals surface area contributed by atoms with Crippen molar-refractivity contribution in [3.8, 4) is 6.07 Å². The highest BCUT2D eigenvalue weighted by Gasteiger charge is 2.67. The second-order valence-electron chi connectivity index (χ2n) is 9.30. The molecule has 1 aromatic carbocycles. The number of hydrogen-bond donors (Lipinski definition) is 2. The molecule has 2 aromatic rings. The van der Waals surface area contributed by atoms with Crippen molar-refractivity contribution < 1.29 is 0 Å². The van der Waals surface area contributed by atoms with Crippen LogP contribution in [0.1, 0.15) is 38.3 Å². The van der Waals surface area contributed by atoms with Gasteiger partial charge in [0.2, 0.25) is 0 Å². The highest BCUT2D eigenvalue weighted by molar-refractivity contribution is 6.21. The van der Waals surface area contributed by atoms with Crippen molar-refractivity contribution in [1.82, 2.24) is 4.98 Å². The molecular weight excluding hydrogens is 446 g/mol. The van der Waals surface area contributed by atoms with Gasteiger partial charge >= 0.3 is 0 Å². The number of nitrogens with zero attached hydrogens (tertiary/aromatic N) is 5. The Morgan fingerprint density at radius 1 is 1.24 bits per heavy atom. The van der Waals surface area contributed by atoms with Crippen molar-refractivity contribution >= 4 is 41.5 Å². The summed E-state index contributed by atoms with van der Waals surface area (Å²) in [6.07, 6.45) is 5.27. The number of hydrogen-bond acceptors (Lipinski definition) is 7. The molecule has 0 bridgehead atoms. The van der Waals surface area contributed by atoms with Crippen molar-refractivity contribution in [2.24, 2.45) is 33.2 Å². The Balaban J connectivity index is 1.90. The number of aliphatic imine (C=N–C) groups is 2. The third kappa shape index (κ3) is 3.97. The number of aromatic nitrogens is 1. The van der Waals surface area contributed by atoms with E-state index in [4.69, 9.17) is 32.7 Å². The predicted molar refractivity (Wildman–Crippen MR) is 139 cm³/mol. The van der Waals surface area contributed by atoms with Gasteiger partial charge in [-0.1, -0.05) is 26.0 Å². The fourth-order valence-electron chi connectivity index (χ4n) is 5.25. The van der Waals surface area contributed by atoms with E-state index in [1.165, 1.54) is 6.21 Å². The van der Waals surface area contributed by atoms with Gasteiger partial charge in [0, 0.05) is 41.7 Å². The molecule has 1 aromatic heterocycles. The van der Waals surface area contributed by atoms with Crippen LogP contribution in [0.2, 0.25) is 0 Å². The minimum Gasteiger partial charge on any atom is -0.383 e. The summed E-state index contributed by atoms with van der Waals surface area (Å²) in [4.78, 5) is 16.3. The van der Waals surface area contributed by atoms with E-state index < -0.39 is 0 Å². The van der Waals surface area contributed by atoms with Crippen LogP contribution in [0, 0.1) is 39.9 Å². The van der Waals surface area contributed by atoms with Gasteiger partial charge in [0.1, 0.15) is 11.7 Å². The number of pyridine rings is 1. The standard InChI is InChI=1S/C26H30ClN7/c1-16-17(2)26(10-11-28)22(14-29)23(26)32-15-34(20-8-6-19(13-27)7-9-20)25(33-18(16)3)21-5-4-12-31-24(21)30/h4-9,12,14-18,22-23,29H,10,13H2,1-3H3,(H2,30,31)/t16-,17-,18-,22-,23?,26?/m0/s1. The summed E-state index contributed by atoms with van der Waals surface area (Å²) in [5, 5.41) is 17.7. The maximum absolute atomic E-state index is 9.64. The third-order valence-electron chi connectivity index (χ3n) is 7.71. The Bertz CT molecular complexity index is 1150. The number of rotatable bonds is 5. The molecule has 4 rings (SSSR count). The average molecular weight is 476 g/mol. The highest BCUT2D eigenvalue weighted by atomic mass is 35.5. The zero-order chi connectivity index (χ0) is 24.5. The SMILES string of the molecule is C[C@@H]1[C@H](C)N=C(c2cccnc2N)N(c2ccc(CCl)cc2)C=NC2[C@H](C=N)C2(CC#N)[C@H]1C. The highest BCUT2D eigenvalue weighted by Crippen LogP contribution is 2.63. The quantitative estimate of drug-likeness (QED) is 0.472. The van der Waals surface area contributed by atoms with E-state index in [0.29, 0.717) is 24.0 Å². The summed E-state index contributed by atoms with van der Waals surface area (Å²) in [5.74, 6) is 1.73. The van der Waals surface area contributed by atoms with Crippen LogP contribution in [-0.4, -0.2) is 35.5 Å². The van der Waals surface area contributed by atoms with E-state index in [1.807, 2.05) is 41.3 Å². The van der Waals surface area contributed by atoms with E-state index in [9.17, 15) is 5.26 Å². The molecular formula is C26H30ClN7. The Labute approximate surface area is 205 Å². The molecule has 1 aliphatic heterocycles. The molecule has 3 N–H and O–H groups in total. The smallest absolute Gasteiger partial charge is 0.144 e. The molecule has 0 saturated heterocycles. The molecule has 0 spiro atoms. The van der Waals surface area contributed by atoms with E-state index in [-0.39, 0.29) is 35.3 Å². The number of nitriles is 1. The molecule has 2 unspecified atom stereocenters. The lowest BCUT2D eigenvalue weighted by Gasteiger charge is -2.33. The van der Waals surface area contributed by atoms with Gasteiger partial charge in [0.25, 0.3) is 0 Å². The minimum absolute atomic E-state index is 0.0658. The fraction of sp³-hybridized carbons (Fsp3) is 0.423. The van der Waals surface area contributed by atoms with E-state index in [1.54, 1.807) is 12.5 Å². The number of alkyl halides is 1. The van der Waals surface area contributed by atoms with Gasteiger partial charge < -0.3 is 11.1 Å². The molecule has 1 aliphatic carbocycles. The van der Waals surface area contributed by atoms with Gasteiger partial charge in [-0.2, -0.15) is 5.26 Å². The third-order valence-corrected chi connectivity index (χ3v) is 8.02. The maximum Gasteiger partial charge on any atom is 0.144 e. The Hall–Kier alpha value is -3.24. The van der Waals surface area contributed by atoms with E-state index >= 15 is 0 Å². The summed E-state index contributed by atoms with van der Waals surface area (Å²) < 4.78 is 0. The van der Waals surface area contributed by atoms with Gasteiger partial charge in [-0.15, -0.1) is 11.6 Å². The topological polar surface area (TPSA) is 115 Å². The van der Waals surface area contributed by atoms with Crippen LogP contribution in [0.3, 0.4) is 0 Å². The number of fused-ring (bicyclic) bond motifs is 1. The van der Waals surface area contributed by atoms with Crippen LogP contribution in [-0.2, 0) is 5.88 Å². The van der Waals surface area contributed by atoms with Crippen LogP contribution in [0.25, 0.3) is 0 Å². The lowest BCUT2D eigenvalue weighted by atomic mass is 9.75. The van der Waals surface area contributed by atoms with E-state index in [2.05, 4.69) is 31.8 Å². The average Bonchev–Trinajstić information content (AvgIpc) is 3.49. The Morgan fingerprint density at radius 2 is 1.97 bits per heavy atom. The first-order valence-corrected chi connectivity index (χ1v) is 12.1. The first kappa shape index (κ1) is 23.9. The van der Waals surface area contributed by atoms with Gasteiger partial charge in [-0.25, -0.2) is 4.98 Å². The summed E-state index contributed by atoms with van der Waals surface area (Å²) in [7, 11) is 0. The first-order valence-electron chi connectivity index (χ1n) is 11.5. The van der Waals surface area contributed by atoms with Crippen LogP contribution in [0.15, 0.2) is 52.6 Å². The van der Waals surface area contributed by atoms with Crippen LogP contribution in [0.4, 0.5) is 11.5 Å². The zero-order valence-corrected chi connectivity index (χ0v) is 20.4. The molecule has 1 fully saturated rings. The minimum atomic E-state index is -0.352. The number of amidine groups is 1. The van der Waals surface area contributed by atoms with Gasteiger partial charge in [-0.3, -0.25) is 14.9 Å². The van der Waals surface area contributed by atoms with E-state index in [0.717, 1.165) is 16.8 Å². The first-order chi connectivity index (χ1) is 16.4. The summed E-state index contributed by atoms with van der Waals surface area (Å²) in [6, 6.07) is 13.9. The lowest BCUT2D eigenvalue weighted by molar-refractivity contribution is 0.208. The molecule has 1 saturated carbocycles. The normalized spacial score (nSPS) is 30.6. The summed E-state index contributed by atoms with van der Waals surface area (Å²) in [6.45, 7) is 6.43. The molecule has 2 aliphatic rings. The molecule has 6 atom stereocenters. The molecule has 0 radical (unpaired) electrons. The van der Waals surface area contributed by atoms with Gasteiger partial charge in [0.15, 0.2) is 0 Å². The largest absolute Gasteiger partial charge is 0.383 e. The summed E-state index contributed by atoms with van der Waals surface area (Å²) >= 11 is 6.01. The van der Waals surface area contributed by atoms with Gasteiger partial charge in [-0.05, 0) is 48.6 Å². The number of nitrogens with two attached hydrogens (primary N) is 1. The predicted octanol–water partition coefficient (Wildman–Crippen LogP) is 4.91. The number of halogens is 1. The molecule has 8 heteroatoms. The lowest BCUT2D eigenvalue weighted by Crippen LogP contribution is -2.36. The summed E-state index contributed by atoms with van der Waals surface area (Å²) in [5.41, 5.74) is 8.55. The number of benzene rings is 1.